The molecular formula is C20H23ClN6O3S. The van der Waals surface area contributed by atoms with Crippen molar-refractivity contribution in [3.05, 3.63) is 28.8 Å². The predicted molar refractivity (Wildman–Crippen MR) is 118 cm³/mol. The Labute approximate surface area is 188 Å². The van der Waals surface area contributed by atoms with Crippen LogP contribution in [0.2, 0.25) is 5.02 Å². The van der Waals surface area contributed by atoms with E-state index in [9.17, 15) is 4.79 Å². The third kappa shape index (κ3) is 3.89. The number of methoxy groups -OCH3 is 1. The molecule has 0 saturated carbocycles. The topological polar surface area (TPSA) is 85.6 Å². The number of amides is 1. The lowest BCUT2D eigenvalue weighted by Gasteiger charge is -2.29. The first-order valence-corrected chi connectivity index (χ1v) is 11.5. The summed E-state index contributed by atoms with van der Waals surface area (Å²) in [6.07, 6.45) is 1.83. The van der Waals surface area contributed by atoms with Crippen LogP contribution >= 0.6 is 22.9 Å². The van der Waals surface area contributed by atoms with Crippen molar-refractivity contribution in [3.8, 4) is 5.75 Å². The zero-order valence-corrected chi connectivity index (χ0v) is 18.8. The van der Waals surface area contributed by atoms with Crippen molar-refractivity contribution >= 4 is 44.2 Å². The highest BCUT2D eigenvalue weighted by Crippen LogP contribution is 2.39. The number of aromatic nitrogens is 4. The van der Waals surface area contributed by atoms with Gasteiger partial charge in [0.25, 0.3) is 5.91 Å². The summed E-state index contributed by atoms with van der Waals surface area (Å²) in [5.41, 5.74) is 0.658. The maximum atomic E-state index is 13.6. The van der Waals surface area contributed by atoms with Gasteiger partial charge in [-0.1, -0.05) is 22.9 Å². The highest BCUT2D eigenvalue weighted by molar-refractivity contribution is 7.23. The molecule has 1 fully saturated rings. The second-order valence-electron chi connectivity index (χ2n) is 7.53. The summed E-state index contributed by atoms with van der Waals surface area (Å²) < 4.78 is 13.6. The number of carbonyl (C=O) groups is 1. The number of halogens is 1. The molecular weight excluding hydrogens is 440 g/mol. The number of ether oxygens (including phenoxy) is 2. The molecule has 0 atom stereocenters. The van der Waals surface area contributed by atoms with Crippen molar-refractivity contribution in [1.29, 1.82) is 0 Å². The number of morpholine rings is 1. The Hall–Kier alpha value is -2.27. The third-order valence-electron chi connectivity index (χ3n) is 5.69. The molecule has 1 amide bonds. The Morgan fingerprint density at radius 2 is 2.13 bits per heavy atom. The summed E-state index contributed by atoms with van der Waals surface area (Å²) in [7, 11) is 1.60. The van der Waals surface area contributed by atoms with E-state index in [0.29, 0.717) is 47.0 Å². The zero-order valence-electron chi connectivity index (χ0n) is 17.2. The number of thiazole rings is 1. The van der Waals surface area contributed by atoms with E-state index >= 15 is 0 Å². The standard InChI is InChI=1S/C20H23ClN6O3S/c1-29-14-5-4-13(21)17-16(14)22-20(31-17)27(8-7-25-9-11-30-12-10-25)19(28)18-24-23-15-3-2-6-26(15)18/h4-5H,2-3,6-12H2,1H3. The molecule has 9 nitrogen and oxygen atoms in total. The second-order valence-corrected chi connectivity index (χ2v) is 8.91. The first-order chi connectivity index (χ1) is 15.2. The van der Waals surface area contributed by atoms with Gasteiger partial charge >= 0.3 is 0 Å². The van der Waals surface area contributed by atoms with Gasteiger partial charge in [0.05, 0.1) is 30.0 Å². The molecule has 164 valence electrons. The number of nitrogens with zero attached hydrogens (tertiary/aromatic N) is 6. The minimum atomic E-state index is -0.192. The van der Waals surface area contributed by atoms with Gasteiger partial charge in [0.15, 0.2) is 5.13 Å². The number of hydrogen-bond donors (Lipinski definition) is 0. The lowest BCUT2D eigenvalue weighted by Crippen LogP contribution is -2.43. The highest BCUT2D eigenvalue weighted by atomic mass is 35.5. The predicted octanol–water partition coefficient (Wildman–Crippen LogP) is 2.48. The Morgan fingerprint density at radius 3 is 2.94 bits per heavy atom. The second kappa shape index (κ2) is 8.70. The first kappa shape index (κ1) is 20.6. The van der Waals surface area contributed by atoms with Gasteiger partial charge in [0.2, 0.25) is 5.82 Å². The van der Waals surface area contributed by atoms with E-state index in [-0.39, 0.29) is 5.91 Å². The summed E-state index contributed by atoms with van der Waals surface area (Å²) in [5.74, 6) is 1.67. The molecule has 0 aliphatic carbocycles. The van der Waals surface area contributed by atoms with Crippen LogP contribution in [0.15, 0.2) is 12.1 Å². The molecule has 0 unspecified atom stereocenters. The van der Waals surface area contributed by atoms with E-state index in [1.165, 1.54) is 11.3 Å². The van der Waals surface area contributed by atoms with E-state index in [4.69, 9.17) is 26.1 Å². The summed E-state index contributed by atoms with van der Waals surface area (Å²) >= 11 is 7.81. The molecule has 0 radical (unpaired) electrons. The monoisotopic (exact) mass is 462 g/mol. The fraction of sp³-hybridized carbons (Fsp3) is 0.500. The largest absolute Gasteiger partial charge is 0.494 e. The lowest BCUT2D eigenvalue weighted by atomic mass is 10.3. The van der Waals surface area contributed by atoms with E-state index in [1.54, 1.807) is 24.1 Å². The van der Waals surface area contributed by atoms with Crippen molar-refractivity contribution in [2.45, 2.75) is 19.4 Å². The molecule has 0 spiro atoms. The van der Waals surface area contributed by atoms with Crippen LogP contribution in [-0.2, 0) is 17.7 Å². The quantitative estimate of drug-likeness (QED) is 0.556. The van der Waals surface area contributed by atoms with Gasteiger partial charge in [-0.2, -0.15) is 0 Å². The molecule has 1 aromatic carbocycles. The average Bonchev–Trinajstić information content (AvgIpc) is 3.51. The third-order valence-corrected chi connectivity index (χ3v) is 7.23. The Balaban J connectivity index is 1.50. The molecule has 11 heteroatoms. The molecule has 2 aliphatic rings. The Bertz CT molecular complexity index is 1110. The maximum absolute atomic E-state index is 13.6. The van der Waals surface area contributed by atoms with Crippen molar-refractivity contribution in [1.82, 2.24) is 24.6 Å². The Kier molecular flexibility index (Phi) is 5.79. The molecule has 31 heavy (non-hydrogen) atoms. The normalized spacial score (nSPS) is 16.6. The van der Waals surface area contributed by atoms with Gasteiger partial charge in [-0.3, -0.25) is 14.6 Å². The zero-order chi connectivity index (χ0) is 21.4. The minimum Gasteiger partial charge on any atom is -0.494 e. The van der Waals surface area contributed by atoms with Gasteiger partial charge in [0.1, 0.15) is 17.1 Å². The molecule has 4 heterocycles. The summed E-state index contributed by atoms with van der Waals surface area (Å²) in [5, 5.41) is 9.57. The molecule has 5 rings (SSSR count). The number of anilines is 1. The Morgan fingerprint density at radius 1 is 1.29 bits per heavy atom. The van der Waals surface area contributed by atoms with Crippen molar-refractivity contribution < 1.29 is 14.3 Å². The van der Waals surface area contributed by atoms with Crippen LogP contribution in [0.5, 0.6) is 5.75 Å². The van der Waals surface area contributed by atoms with Crippen LogP contribution in [0, 0.1) is 0 Å². The van der Waals surface area contributed by atoms with Crippen molar-refractivity contribution in [2.24, 2.45) is 0 Å². The molecule has 3 aromatic rings. The van der Waals surface area contributed by atoms with Crippen LogP contribution in [0.1, 0.15) is 22.9 Å². The maximum Gasteiger partial charge on any atom is 0.298 e. The van der Waals surface area contributed by atoms with Gasteiger partial charge in [0, 0.05) is 39.1 Å². The molecule has 0 N–H and O–H groups in total. The smallest absolute Gasteiger partial charge is 0.298 e. The van der Waals surface area contributed by atoms with Crippen molar-refractivity contribution in [2.75, 3.05) is 51.4 Å². The lowest BCUT2D eigenvalue weighted by molar-refractivity contribution is 0.0390. The van der Waals surface area contributed by atoms with Crippen LogP contribution in [0.25, 0.3) is 10.2 Å². The van der Waals surface area contributed by atoms with E-state index in [2.05, 4.69) is 15.1 Å². The van der Waals surface area contributed by atoms with Crippen LogP contribution in [0.3, 0.4) is 0 Å². The molecule has 2 aromatic heterocycles. The van der Waals surface area contributed by atoms with E-state index < -0.39 is 0 Å². The fourth-order valence-corrected chi connectivity index (χ4v) is 5.28. The van der Waals surface area contributed by atoms with Crippen molar-refractivity contribution in [3.63, 3.8) is 0 Å². The first-order valence-electron chi connectivity index (χ1n) is 10.3. The van der Waals surface area contributed by atoms with Gasteiger partial charge in [-0.15, -0.1) is 10.2 Å². The summed E-state index contributed by atoms with van der Waals surface area (Å²) in [6.45, 7) is 5.08. The van der Waals surface area contributed by atoms with E-state index in [1.807, 2.05) is 4.57 Å². The highest BCUT2D eigenvalue weighted by Gasteiger charge is 2.30. The minimum absolute atomic E-state index is 0.192. The van der Waals surface area contributed by atoms with Gasteiger partial charge in [-0.05, 0) is 18.6 Å². The number of rotatable bonds is 6. The molecule has 0 bridgehead atoms. The average molecular weight is 463 g/mol. The number of aryl methyl sites for hydroxylation is 1. The van der Waals surface area contributed by atoms with Crippen LogP contribution in [-0.4, -0.2) is 77.1 Å². The number of fused-ring (bicyclic) bond motifs is 2. The van der Waals surface area contributed by atoms with E-state index in [0.717, 1.165) is 49.5 Å². The van der Waals surface area contributed by atoms with Crippen LogP contribution in [0.4, 0.5) is 5.13 Å². The van der Waals surface area contributed by atoms with Gasteiger partial charge in [-0.25, -0.2) is 4.98 Å². The number of carbonyl (C=O) groups excluding carboxylic acids is 1. The SMILES string of the molecule is COc1ccc(Cl)c2sc(N(CCN3CCOCC3)C(=O)c3nnc4n3CCC4)nc12. The number of benzene rings is 1. The summed E-state index contributed by atoms with van der Waals surface area (Å²) in [4.78, 5) is 22.4. The fourth-order valence-electron chi connectivity index (χ4n) is 4.00. The van der Waals surface area contributed by atoms with Gasteiger partial charge < -0.3 is 14.0 Å². The molecule has 2 aliphatic heterocycles. The number of hydrogen-bond acceptors (Lipinski definition) is 8. The summed E-state index contributed by atoms with van der Waals surface area (Å²) in [6, 6.07) is 3.58. The molecule has 1 saturated heterocycles. The van der Waals surface area contributed by atoms with Crippen LogP contribution < -0.4 is 9.64 Å².